The Bertz CT molecular complexity index is 256. The van der Waals surface area contributed by atoms with Crippen molar-refractivity contribution in [2.45, 2.75) is 6.92 Å². The van der Waals surface area contributed by atoms with Crippen molar-refractivity contribution < 1.29 is 14.3 Å². The molecule has 0 aliphatic rings. The summed E-state index contributed by atoms with van der Waals surface area (Å²) in [4.78, 5) is 11.3. The molecule has 1 atom stereocenters. The molecular formula is C9H13NO3. The Labute approximate surface area is 76.6 Å². The van der Waals surface area contributed by atoms with Crippen LogP contribution in [0.5, 0.6) is 0 Å². The van der Waals surface area contributed by atoms with Gasteiger partial charge in [0.25, 0.3) is 5.91 Å². The molecular weight excluding hydrogens is 170 g/mol. The van der Waals surface area contributed by atoms with Crippen molar-refractivity contribution in [3.05, 3.63) is 24.2 Å². The summed E-state index contributed by atoms with van der Waals surface area (Å²) in [6, 6.07) is 1.60. The highest BCUT2D eigenvalue weighted by molar-refractivity contribution is 5.93. The molecule has 0 saturated heterocycles. The first-order valence-corrected chi connectivity index (χ1v) is 4.15. The van der Waals surface area contributed by atoms with Crippen LogP contribution in [0.1, 0.15) is 17.3 Å². The Morgan fingerprint density at radius 3 is 3.08 bits per heavy atom. The molecule has 1 aromatic rings. The molecule has 1 rings (SSSR count). The SMILES string of the molecule is CC(CO)CNC(=O)c1ccoc1. The molecule has 2 N–H and O–H groups in total. The van der Waals surface area contributed by atoms with Crippen LogP contribution >= 0.6 is 0 Å². The smallest absolute Gasteiger partial charge is 0.254 e. The monoisotopic (exact) mass is 183 g/mol. The van der Waals surface area contributed by atoms with Crippen molar-refractivity contribution in [3.8, 4) is 0 Å². The predicted octanol–water partition coefficient (Wildman–Crippen LogP) is 0.638. The highest BCUT2D eigenvalue weighted by Gasteiger charge is 2.07. The van der Waals surface area contributed by atoms with E-state index < -0.39 is 0 Å². The lowest BCUT2D eigenvalue weighted by Crippen LogP contribution is -2.29. The number of aliphatic hydroxyl groups is 1. The minimum Gasteiger partial charge on any atom is -0.472 e. The van der Waals surface area contributed by atoms with Crippen molar-refractivity contribution in [3.63, 3.8) is 0 Å². The second kappa shape index (κ2) is 4.67. The molecule has 4 heteroatoms. The molecule has 0 fully saturated rings. The van der Waals surface area contributed by atoms with Crippen molar-refractivity contribution in [2.75, 3.05) is 13.2 Å². The zero-order valence-corrected chi connectivity index (χ0v) is 7.49. The normalized spacial score (nSPS) is 12.5. The van der Waals surface area contributed by atoms with E-state index in [0.717, 1.165) is 0 Å². The van der Waals surface area contributed by atoms with Gasteiger partial charge in [-0.2, -0.15) is 0 Å². The summed E-state index contributed by atoms with van der Waals surface area (Å²) in [6.07, 6.45) is 2.84. The molecule has 0 aromatic carbocycles. The van der Waals surface area contributed by atoms with E-state index in [4.69, 9.17) is 9.52 Å². The maximum absolute atomic E-state index is 11.3. The Kier molecular flexibility index (Phi) is 3.52. The van der Waals surface area contributed by atoms with Gasteiger partial charge in [0.2, 0.25) is 0 Å². The summed E-state index contributed by atoms with van der Waals surface area (Å²) in [5.74, 6) is -0.0927. The van der Waals surface area contributed by atoms with Gasteiger partial charge in [-0.15, -0.1) is 0 Å². The molecule has 4 nitrogen and oxygen atoms in total. The number of hydrogen-bond acceptors (Lipinski definition) is 3. The van der Waals surface area contributed by atoms with E-state index in [1.165, 1.54) is 12.5 Å². The van der Waals surface area contributed by atoms with E-state index in [0.29, 0.717) is 12.1 Å². The largest absolute Gasteiger partial charge is 0.472 e. The van der Waals surface area contributed by atoms with Crippen LogP contribution in [-0.2, 0) is 0 Å². The van der Waals surface area contributed by atoms with E-state index >= 15 is 0 Å². The van der Waals surface area contributed by atoms with Gasteiger partial charge in [0, 0.05) is 13.2 Å². The Morgan fingerprint density at radius 1 is 1.77 bits per heavy atom. The van der Waals surface area contributed by atoms with Crippen LogP contribution < -0.4 is 5.32 Å². The van der Waals surface area contributed by atoms with Gasteiger partial charge in [0.05, 0.1) is 11.8 Å². The van der Waals surface area contributed by atoms with Gasteiger partial charge >= 0.3 is 0 Å². The van der Waals surface area contributed by atoms with Crippen molar-refractivity contribution in [1.82, 2.24) is 5.32 Å². The number of rotatable bonds is 4. The molecule has 0 radical (unpaired) electrons. The zero-order chi connectivity index (χ0) is 9.68. The highest BCUT2D eigenvalue weighted by atomic mass is 16.3. The molecule has 1 unspecified atom stereocenters. The fourth-order valence-corrected chi connectivity index (χ4v) is 0.827. The van der Waals surface area contributed by atoms with Gasteiger partial charge in [-0.05, 0) is 12.0 Å². The van der Waals surface area contributed by atoms with Gasteiger partial charge in [-0.3, -0.25) is 4.79 Å². The Hall–Kier alpha value is -1.29. The number of nitrogens with one attached hydrogen (secondary N) is 1. The molecule has 0 aliphatic carbocycles. The summed E-state index contributed by atoms with van der Waals surface area (Å²) in [6.45, 7) is 2.40. The third kappa shape index (κ3) is 2.91. The van der Waals surface area contributed by atoms with Crippen LogP contribution in [0.3, 0.4) is 0 Å². The Balaban J connectivity index is 2.35. The lowest BCUT2D eigenvalue weighted by atomic mass is 10.2. The topological polar surface area (TPSA) is 62.5 Å². The summed E-state index contributed by atoms with van der Waals surface area (Å²) < 4.78 is 4.76. The van der Waals surface area contributed by atoms with Crippen LogP contribution in [0.4, 0.5) is 0 Å². The van der Waals surface area contributed by atoms with Crippen LogP contribution in [-0.4, -0.2) is 24.2 Å². The van der Waals surface area contributed by atoms with E-state index in [1.54, 1.807) is 6.07 Å². The van der Waals surface area contributed by atoms with Gasteiger partial charge in [0.1, 0.15) is 6.26 Å². The van der Waals surface area contributed by atoms with E-state index in [2.05, 4.69) is 5.32 Å². The van der Waals surface area contributed by atoms with Gasteiger partial charge in [0.15, 0.2) is 0 Å². The Morgan fingerprint density at radius 2 is 2.54 bits per heavy atom. The second-order valence-electron chi connectivity index (χ2n) is 3.01. The molecule has 0 bridgehead atoms. The molecule has 13 heavy (non-hydrogen) atoms. The number of aliphatic hydroxyl groups excluding tert-OH is 1. The first kappa shape index (κ1) is 9.80. The lowest BCUT2D eigenvalue weighted by molar-refractivity contribution is 0.0941. The molecule has 0 saturated carbocycles. The first-order valence-electron chi connectivity index (χ1n) is 4.15. The first-order chi connectivity index (χ1) is 6.24. The van der Waals surface area contributed by atoms with E-state index in [9.17, 15) is 4.79 Å². The average Bonchev–Trinajstić information content (AvgIpc) is 2.66. The van der Waals surface area contributed by atoms with Crippen LogP contribution in [0.25, 0.3) is 0 Å². The summed E-state index contributed by atoms with van der Waals surface area (Å²) in [7, 11) is 0. The van der Waals surface area contributed by atoms with Crippen LogP contribution in [0.2, 0.25) is 0 Å². The molecule has 1 amide bonds. The fraction of sp³-hybridized carbons (Fsp3) is 0.444. The zero-order valence-electron chi connectivity index (χ0n) is 7.49. The van der Waals surface area contributed by atoms with Crippen molar-refractivity contribution in [1.29, 1.82) is 0 Å². The maximum atomic E-state index is 11.3. The van der Waals surface area contributed by atoms with E-state index in [1.807, 2.05) is 6.92 Å². The minimum atomic E-state index is -0.172. The summed E-state index contributed by atoms with van der Waals surface area (Å²) in [5.41, 5.74) is 0.505. The van der Waals surface area contributed by atoms with Gasteiger partial charge in [-0.1, -0.05) is 6.92 Å². The third-order valence-electron chi connectivity index (χ3n) is 1.71. The minimum absolute atomic E-state index is 0.0751. The number of carbonyl (C=O) groups is 1. The average molecular weight is 183 g/mol. The van der Waals surface area contributed by atoms with Crippen LogP contribution in [0.15, 0.2) is 23.0 Å². The standard InChI is InChI=1S/C9H13NO3/c1-7(5-11)4-10-9(12)8-2-3-13-6-8/h2-3,6-7,11H,4-5H2,1H3,(H,10,12). The van der Waals surface area contributed by atoms with Crippen LogP contribution in [0, 0.1) is 5.92 Å². The van der Waals surface area contributed by atoms with Crippen molar-refractivity contribution >= 4 is 5.91 Å². The van der Waals surface area contributed by atoms with E-state index in [-0.39, 0.29) is 18.4 Å². The predicted molar refractivity (Wildman–Crippen MR) is 47.3 cm³/mol. The third-order valence-corrected chi connectivity index (χ3v) is 1.71. The molecule has 0 spiro atoms. The summed E-state index contributed by atoms with van der Waals surface area (Å²) in [5, 5.41) is 11.4. The lowest BCUT2D eigenvalue weighted by Gasteiger charge is -2.07. The molecule has 72 valence electrons. The summed E-state index contributed by atoms with van der Waals surface area (Å²) >= 11 is 0. The molecule has 1 heterocycles. The number of furan rings is 1. The van der Waals surface area contributed by atoms with Gasteiger partial charge < -0.3 is 14.8 Å². The molecule has 0 aliphatic heterocycles. The fourth-order valence-electron chi connectivity index (χ4n) is 0.827. The second-order valence-corrected chi connectivity index (χ2v) is 3.01. The molecule has 1 aromatic heterocycles. The highest BCUT2D eigenvalue weighted by Crippen LogP contribution is 1.99. The number of hydrogen-bond donors (Lipinski definition) is 2. The van der Waals surface area contributed by atoms with Crippen molar-refractivity contribution in [2.24, 2.45) is 5.92 Å². The maximum Gasteiger partial charge on any atom is 0.254 e. The van der Waals surface area contributed by atoms with Gasteiger partial charge in [-0.25, -0.2) is 0 Å². The quantitative estimate of drug-likeness (QED) is 0.720. The number of amides is 1. The number of carbonyl (C=O) groups excluding carboxylic acids is 1.